The molecule has 0 aromatic carbocycles. The van der Waals surface area contributed by atoms with Gasteiger partial charge in [0.05, 0.1) is 16.3 Å². The van der Waals surface area contributed by atoms with E-state index in [0.29, 0.717) is 18.0 Å². The first kappa shape index (κ1) is 18.8. The molecular formula is C18H25F2NS. The van der Waals surface area contributed by atoms with Crippen LogP contribution in [0.1, 0.15) is 45.4 Å². The number of aliphatic imine (C=N–C) groups is 1. The number of thiophene rings is 1. The fraction of sp³-hybridized carbons (Fsp3) is 0.500. The summed E-state index contributed by atoms with van der Waals surface area (Å²) in [6, 6.07) is 3.81. The molecule has 0 aliphatic carbocycles. The Balaban J connectivity index is 3.27. The van der Waals surface area contributed by atoms with E-state index < -0.39 is 6.43 Å². The summed E-state index contributed by atoms with van der Waals surface area (Å²) in [5, 5.41) is 1.93. The Hall–Kier alpha value is -1.29. The van der Waals surface area contributed by atoms with Crippen LogP contribution in [0.2, 0.25) is 0 Å². The maximum Gasteiger partial charge on any atom is 0.276 e. The van der Waals surface area contributed by atoms with Crippen molar-refractivity contribution in [2.75, 3.05) is 0 Å². The molecule has 1 heterocycles. The van der Waals surface area contributed by atoms with E-state index >= 15 is 0 Å². The minimum Gasteiger partial charge on any atom is -0.250 e. The van der Waals surface area contributed by atoms with Crippen molar-refractivity contribution >= 4 is 22.7 Å². The molecule has 0 saturated heterocycles. The average Bonchev–Trinajstić information content (AvgIpc) is 3.03. The van der Waals surface area contributed by atoms with E-state index in [0.717, 1.165) is 16.9 Å². The van der Waals surface area contributed by atoms with Crippen molar-refractivity contribution < 1.29 is 8.78 Å². The van der Waals surface area contributed by atoms with Crippen LogP contribution >= 0.6 is 11.3 Å². The Morgan fingerprint density at radius 2 is 1.91 bits per heavy atom. The van der Waals surface area contributed by atoms with Crippen LogP contribution in [-0.4, -0.2) is 12.1 Å². The summed E-state index contributed by atoms with van der Waals surface area (Å²) in [4.78, 5) is 5.22. The van der Waals surface area contributed by atoms with E-state index in [1.165, 1.54) is 11.3 Å². The summed E-state index contributed by atoms with van der Waals surface area (Å²) in [6.45, 7) is 11.9. The van der Waals surface area contributed by atoms with Crippen molar-refractivity contribution in [2.24, 2.45) is 16.8 Å². The maximum absolute atomic E-state index is 13.3. The van der Waals surface area contributed by atoms with Crippen LogP contribution < -0.4 is 0 Å². The number of nitrogens with zero attached hydrogens (tertiary/aromatic N) is 1. The number of alkyl halides is 2. The Morgan fingerprint density at radius 1 is 1.27 bits per heavy atom. The molecule has 1 rings (SSSR count). The van der Waals surface area contributed by atoms with Gasteiger partial charge in [-0.25, -0.2) is 8.78 Å². The van der Waals surface area contributed by atoms with Crippen LogP contribution in [0.25, 0.3) is 5.70 Å². The first-order valence-electron chi connectivity index (χ1n) is 7.71. The molecule has 0 radical (unpaired) electrons. The molecule has 122 valence electrons. The van der Waals surface area contributed by atoms with Gasteiger partial charge in [-0.05, 0) is 42.2 Å². The van der Waals surface area contributed by atoms with Crippen molar-refractivity contribution in [3.8, 4) is 0 Å². The lowest BCUT2D eigenvalue weighted by atomic mass is 9.98. The molecule has 0 spiro atoms. The largest absolute Gasteiger partial charge is 0.276 e. The van der Waals surface area contributed by atoms with Gasteiger partial charge in [-0.15, -0.1) is 11.3 Å². The van der Waals surface area contributed by atoms with E-state index in [4.69, 9.17) is 0 Å². The van der Waals surface area contributed by atoms with E-state index in [2.05, 4.69) is 25.4 Å². The SMILES string of the molecule is C=C(/C=C(\N=C(C(F)F)C(C)CC)c1cccs1)C(C)CC. The van der Waals surface area contributed by atoms with Crippen LogP contribution in [0, 0.1) is 11.8 Å². The fourth-order valence-corrected chi connectivity index (χ4v) is 2.57. The molecule has 2 atom stereocenters. The molecular weight excluding hydrogens is 300 g/mol. The highest BCUT2D eigenvalue weighted by molar-refractivity contribution is 7.11. The van der Waals surface area contributed by atoms with Crippen LogP contribution in [0.15, 0.2) is 40.7 Å². The van der Waals surface area contributed by atoms with E-state index in [1.807, 2.05) is 30.5 Å². The van der Waals surface area contributed by atoms with Gasteiger partial charge in [-0.3, -0.25) is 4.99 Å². The Morgan fingerprint density at radius 3 is 2.36 bits per heavy atom. The lowest BCUT2D eigenvalue weighted by Gasteiger charge is -2.14. The van der Waals surface area contributed by atoms with Crippen LogP contribution in [0.5, 0.6) is 0 Å². The van der Waals surface area contributed by atoms with E-state index in [-0.39, 0.29) is 11.6 Å². The number of hydrogen-bond acceptors (Lipinski definition) is 2. The summed E-state index contributed by atoms with van der Waals surface area (Å²) in [6.07, 6.45) is 0.928. The molecule has 0 saturated carbocycles. The molecule has 1 nitrogen and oxygen atoms in total. The molecule has 0 aliphatic rings. The maximum atomic E-state index is 13.3. The number of rotatable bonds is 8. The Bertz CT molecular complexity index is 529. The number of halogens is 2. The molecule has 0 bridgehead atoms. The standard InChI is InChI=1S/C18H25F2NS/c1-6-12(3)14(5)11-15(16-9-8-10-22-16)21-17(18(19)20)13(4)7-2/h8-13,18H,5-7H2,1-4H3/b15-11-,21-17?. The second-order valence-corrected chi connectivity index (χ2v) is 6.49. The lowest BCUT2D eigenvalue weighted by Crippen LogP contribution is -2.19. The molecule has 0 aliphatic heterocycles. The molecule has 0 amide bonds. The van der Waals surface area contributed by atoms with Crippen molar-refractivity contribution in [1.29, 1.82) is 0 Å². The minimum absolute atomic E-state index is 0.0425. The van der Waals surface area contributed by atoms with Crippen molar-refractivity contribution in [1.82, 2.24) is 0 Å². The second kappa shape index (κ2) is 8.99. The summed E-state index contributed by atoms with van der Waals surface area (Å²) >= 11 is 1.50. The topological polar surface area (TPSA) is 12.4 Å². The molecule has 4 heteroatoms. The Kier molecular flexibility index (Phi) is 7.66. The zero-order valence-corrected chi connectivity index (χ0v) is 14.6. The van der Waals surface area contributed by atoms with Crippen molar-refractivity contribution in [2.45, 2.75) is 47.0 Å². The van der Waals surface area contributed by atoms with Gasteiger partial charge < -0.3 is 0 Å². The van der Waals surface area contributed by atoms with Gasteiger partial charge in [-0.2, -0.15) is 0 Å². The molecule has 0 N–H and O–H groups in total. The zero-order chi connectivity index (χ0) is 16.7. The van der Waals surface area contributed by atoms with Gasteiger partial charge in [0.25, 0.3) is 6.43 Å². The molecule has 1 aromatic rings. The second-order valence-electron chi connectivity index (χ2n) is 5.54. The monoisotopic (exact) mass is 325 g/mol. The van der Waals surface area contributed by atoms with Crippen LogP contribution in [0.3, 0.4) is 0 Å². The number of allylic oxidation sites excluding steroid dienone is 2. The fourth-order valence-electron chi connectivity index (χ4n) is 1.89. The molecule has 22 heavy (non-hydrogen) atoms. The van der Waals surface area contributed by atoms with Crippen LogP contribution in [0.4, 0.5) is 8.78 Å². The third kappa shape index (κ3) is 5.16. The Labute approximate surface area is 136 Å². The normalized spacial score (nSPS) is 16.0. The van der Waals surface area contributed by atoms with Gasteiger partial charge in [-0.1, -0.05) is 45.9 Å². The summed E-state index contributed by atoms with van der Waals surface area (Å²) in [7, 11) is 0. The molecule has 1 aromatic heterocycles. The average molecular weight is 325 g/mol. The van der Waals surface area contributed by atoms with Crippen LogP contribution in [-0.2, 0) is 0 Å². The summed E-state index contributed by atoms with van der Waals surface area (Å²) < 4.78 is 26.6. The first-order valence-corrected chi connectivity index (χ1v) is 8.59. The van der Waals surface area contributed by atoms with Gasteiger partial charge in [0.1, 0.15) is 0 Å². The minimum atomic E-state index is -2.53. The highest BCUT2D eigenvalue weighted by atomic mass is 32.1. The van der Waals surface area contributed by atoms with Gasteiger partial charge >= 0.3 is 0 Å². The summed E-state index contributed by atoms with van der Waals surface area (Å²) in [5.74, 6) is 0.0731. The van der Waals surface area contributed by atoms with Crippen molar-refractivity contribution in [3.05, 3.63) is 40.6 Å². The quantitative estimate of drug-likeness (QED) is 0.385. The van der Waals surface area contributed by atoms with Crippen molar-refractivity contribution in [3.63, 3.8) is 0 Å². The van der Waals surface area contributed by atoms with Gasteiger partial charge in [0.2, 0.25) is 0 Å². The van der Waals surface area contributed by atoms with Gasteiger partial charge in [0.15, 0.2) is 0 Å². The smallest absolute Gasteiger partial charge is 0.250 e. The lowest BCUT2D eigenvalue weighted by molar-refractivity contribution is 0.218. The predicted octanol–water partition coefficient (Wildman–Crippen LogP) is 6.44. The predicted molar refractivity (Wildman–Crippen MR) is 93.8 cm³/mol. The highest BCUT2D eigenvalue weighted by Gasteiger charge is 2.20. The van der Waals surface area contributed by atoms with E-state index in [9.17, 15) is 8.78 Å². The highest BCUT2D eigenvalue weighted by Crippen LogP contribution is 2.27. The molecule has 2 unspecified atom stereocenters. The third-order valence-corrected chi connectivity index (χ3v) is 4.82. The third-order valence-electron chi connectivity index (χ3n) is 3.93. The van der Waals surface area contributed by atoms with E-state index in [1.54, 1.807) is 6.92 Å². The first-order chi connectivity index (χ1) is 10.4. The van der Waals surface area contributed by atoms with Gasteiger partial charge in [0, 0.05) is 0 Å². The zero-order valence-electron chi connectivity index (χ0n) is 13.8. The number of hydrogen-bond donors (Lipinski definition) is 0. The molecule has 0 fully saturated rings. The summed E-state index contributed by atoms with van der Waals surface area (Å²) in [5.41, 5.74) is 1.47.